The van der Waals surface area contributed by atoms with Crippen LogP contribution < -0.4 is 4.74 Å². The van der Waals surface area contributed by atoms with Gasteiger partial charge in [-0.3, -0.25) is 0 Å². The number of fused-ring (bicyclic) bond motifs is 1. The zero-order valence-corrected chi connectivity index (χ0v) is 27.8. The highest BCUT2D eigenvalue weighted by atomic mass is 19.3. The Hall–Kier alpha value is -2.93. The number of alkyl halides is 2. The van der Waals surface area contributed by atoms with Crippen molar-refractivity contribution in [2.24, 2.45) is 5.92 Å². The normalized spacial score (nSPS) is 16.8. The molecule has 1 saturated carbocycles. The first-order valence-electron chi connectivity index (χ1n) is 18.1. The van der Waals surface area contributed by atoms with Gasteiger partial charge in [0.2, 0.25) is 0 Å². The van der Waals surface area contributed by atoms with Gasteiger partial charge in [0.1, 0.15) is 11.4 Å². The summed E-state index contributed by atoms with van der Waals surface area (Å²) in [5.74, 6) is -1.62. The highest BCUT2D eigenvalue weighted by Gasteiger charge is 2.52. The molecule has 1 fully saturated rings. The number of benzene rings is 1. The lowest BCUT2D eigenvalue weighted by Gasteiger charge is -2.17. The number of ether oxygens (including phenoxy) is 2. The molecule has 2 aliphatic rings. The van der Waals surface area contributed by atoms with Gasteiger partial charge in [-0.15, -0.1) is 0 Å². The largest absolute Gasteiger partial charge is 0.482 e. The Bertz CT molecular complexity index is 1310. The standard InChI is InChI=1S/C39H53F2N3O2/c1-2-3-4-13-26-45-27-14-12-16-31-20-22-32(23-21-31)33-28-42-38(43-29-33)34-24-25-35-37(44-34)39(40,41)36(46-35)17-11-9-7-5-6-8-10-15-30-18-19-30/h20-25,28-30,36H,2-19,26-27H2,1H3. The second kappa shape index (κ2) is 17.8. The molecule has 7 heteroatoms. The molecule has 3 heterocycles. The van der Waals surface area contributed by atoms with E-state index in [0.29, 0.717) is 17.9 Å². The first-order chi connectivity index (χ1) is 22.5. The van der Waals surface area contributed by atoms with E-state index >= 15 is 8.78 Å². The molecule has 5 rings (SSSR count). The van der Waals surface area contributed by atoms with Crippen LogP contribution in [0.5, 0.6) is 5.75 Å². The first kappa shape index (κ1) is 34.4. The topological polar surface area (TPSA) is 57.1 Å². The van der Waals surface area contributed by atoms with E-state index in [1.165, 1.54) is 69.8 Å². The molecule has 46 heavy (non-hydrogen) atoms. The summed E-state index contributed by atoms with van der Waals surface area (Å²) >= 11 is 0. The number of nitrogens with zero attached hydrogens (tertiary/aromatic N) is 3. The smallest absolute Gasteiger partial charge is 0.329 e. The summed E-state index contributed by atoms with van der Waals surface area (Å²) in [6, 6.07) is 11.7. The van der Waals surface area contributed by atoms with Crippen LogP contribution in [0.15, 0.2) is 48.8 Å². The SMILES string of the molecule is CCCCCCOCCCCc1ccc(-c2cnc(-c3ccc4c(n3)C(F)(F)C(CCCCCCCCCC3CC3)O4)nc2)cc1. The molecule has 250 valence electrons. The third kappa shape index (κ3) is 10.3. The van der Waals surface area contributed by atoms with Crippen LogP contribution in [0, 0.1) is 5.92 Å². The highest BCUT2D eigenvalue weighted by molar-refractivity contribution is 5.63. The van der Waals surface area contributed by atoms with Crippen LogP contribution in [0.4, 0.5) is 8.78 Å². The van der Waals surface area contributed by atoms with Crippen LogP contribution in [0.25, 0.3) is 22.6 Å². The lowest BCUT2D eigenvalue weighted by atomic mass is 10.0. The molecule has 0 saturated heterocycles. The number of aryl methyl sites for hydroxylation is 1. The van der Waals surface area contributed by atoms with E-state index in [1.807, 2.05) is 0 Å². The van der Waals surface area contributed by atoms with E-state index in [1.54, 1.807) is 24.5 Å². The molecule has 0 radical (unpaired) electrons. The molecule has 1 aromatic carbocycles. The fourth-order valence-corrected chi connectivity index (χ4v) is 6.32. The van der Waals surface area contributed by atoms with E-state index in [4.69, 9.17) is 9.47 Å². The predicted molar refractivity (Wildman–Crippen MR) is 181 cm³/mol. The summed E-state index contributed by atoms with van der Waals surface area (Å²) in [6.45, 7) is 3.93. The molecule has 1 unspecified atom stereocenters. The molecular weight excluding hydrogens is 580 g/mol. The van der Waals surface area contributed by atoms with Gasteiger partial charge in [0.05, 0.1) is 0 Å². The van der Waals surface area contributed by atoms with E-state index in [0.717, 1.165) is 75.2 Å². The maximum Gasteiger partial charge on any atom is 0.329 e. The van der Waals surface area contributed by atoms with Gasteiger partial charge >= 0.3 is 5.92 Å². The number of hydrogen-bond donors (Lipinski definition) is 0. The third-order valence-electron chi connectivity index (χ3n) is 9.44. The summed E-state index contributed by atoms with van der Waals surface area (Å²) in [5.41, 5.74) is 3.22. The second-order valence-corrected chi connectivity index (χ2v) is 13.4. The van der Waals surface area contributed by atoms with Crippen molar-refractivity contribution in [3.8, 4) is 28.4 Å². The molecule has 1 aliphatic carbocycles. The Labute approximate surface area is 275 Å². The molecule has 0 amide bonds. The summed E-state index contributed by atoms with van der Waals surface area (Å²) < 4.78 is 42.1. The van der Waals surface area contributed by atoms with Gasteiger partial charge in [0, 0.05) is 31.2 Å². The number of halogens is 2. The van der Waals surface area contributed by atoms with Gasteiger partial charge in [-0.2, -0.15) is 8.78 Å². The van der Waals surface area contributed by atoms with Crippen molar-refractivity contribution >= 4 is 0 Å². The minimum absolute atomic E-state index is 0.168. The highest BCUT2D eigenvalue weighted by Crippen LogP contribution is 2.46. The Morgan fingerprint density at radius 3 is 2.09 bits per heavy atom. The van der Waals surface area contributed by atoms with Crippen molar-refractivity contribution < 1.29 is 18.3 Å². The van der Waals surface area contributed by atoms with Gasteiger partial charge in [0.25, 0.3) is 0 Å². The van der Waals surface area contributed by atoms with Crippen molar-refractivity contribution in [1.82, 2.24) is 15.0 Å². The number of pyridine rings is 1. The van der Waals surface area contributed by atoms with Crippen molar-refractivity contribution in [3.05, 3.63) is 60.0 Å². The van der Waals surface area contributed by atoms with Crippen LogP contribution in [0.2, 0.25) is 0 Å². The van der Waals surface area contributed by atoms with E-state index in [-0.39, 0.29) is 11.4 Å². The Kier molecular flexibility index (Phi) is 13.3. The molecule has 0 N–H and O–H groups in total. The average molecular weight is 634 g/mol. The average Bonchev–Trinajstić information content (AvgIpc) is 3.87. The fraction of sp³-hybridized carbons (Fsp3) is 0.615. The van der Waals surface area contributed by atoms with Gasteiger partial charge in [0.15, 0.2) is 17.6 Å². The Balaban J connectivity index is 1.04. The molecule has 2 aromatic heterocycles. The molecule has 1 atom stereocenters. The third-order valence-corrected chi connectivity index (χ3v) is 9.44. The minimum atomic E-state index is -3.13. The van der Waals surface area contributed by atoms with Gasteiger partial charge in [-0.05, 0) is 67.7 Å². The Morgan fingerprint density at radius 1 is 0.739 bits per heavy atom. The van der Waals surface area contributed by atoms with Crippen LogP contribution in [0.1, 0.15) is 127 Å². The molecule has 0 spiro atoms. The first-order valence-corrected chi connectivity index (χ1v) is 18.1. The van der Waals surface area contributed by atoms with Crippen molar-refractivity contribution in [3.63, 3.8) is 0 Å². The Morgan fingerprint density at radius 2 is 1.39 bits per heavy atom. The quantitative estimate of drug-likeness (QED) is 0.103. The number of rotatable bonds is 22. The van der Waals surface area contributed by atoms with E-state index < -0.39 is 12.0 Å². The van der Waals surface area contributed by atoms with Gasteiger partial charge < -0.3 is 9.47 Å². The molecule has 3 aromatic rings. The van der Waals surface area contributed by atoms with E-state index in [2.05, 4.69) is 46.1 Å². The molecular formula is C39H53F2N3O2. The van der Waals surface area contributed by atoms with Crippen LogP contribution >= 0.6 is 0 Å². The summed E-state index contributed by atoms with van der Waals surface area (Å²) in [4.78, 5) is 13.3. The lowest BCUT2D eigenvalue weighted by Crippen LogP contribution is -2.30. The van der Waals surface area contributed by atoms with Gasteiger partial charge in [-0.1, -0.05) is 108 Å². The monoisotopic (exact) mass is 633 g/mol. The minimum Gasteiger partial charge on any atom is -0.482 e. The van der Waals surface area contributed by atoms with Crippen LogP contribution in [-0.2, 0) is 17.1 Å². The summed E-state index contributed by atoms with van der Waals surface area (Å²) in [7, 11) is 0. The predicted octanol–water partition coefficient (Wildman–Crippen LogP) is 10.9. The van der Waals surface area contributed by atoms with Crippen molar-refractivity contribution in [2.75, 3.05) is 13.2 Å². The number of hydrogen-bond acceptors (Lipinski definition) is 5. The summed E-state index contributed by atoms with van der Waals surface area (Å²) in [5, 5.41) is 0. The van der Waals surface area contributed by atoms with Crippen LogP contribution in [0.3, 0.4) is 0 Å². The zero-order chi connectivity index (χ0) is 32.0. The van der Waals surface area contributed by atoms with Crippen molar-refractivity contribution in [2.45, 2.75) is 135 Å². The second-order valence-electron chi connectivity index (χ2n) is 13.4. The molecule has 5 nitrogen and oxygen atoms in total. The maximum absolute atomic E-state index is 15.4. The maximum atomic E-state index is 15.4. The van der Waals surface area contributed by atoms with E-state index in [9.17, 15) is 0 Å². The van der Waals surface area contributed by atoms with Crippen molar-refractivity contribution in [1.29, 1.82) is 0 Å². The lowest BCUT2D eigenvalue weighted by molar-refractivity contribution is -0.0818. The zero-order valence-electron chi connectivity index (χ0n) is 27.8. The fourth-order valence-electron chi connectivity index (χ4n) is 6.32. The summed E-state index contributed by atoms with van der Waals surface area (Å²) in [6.07, 6.45) is 23.0. The molecule has 0 bridgehead atoms. The number of unbranched alkanes of at least 4 members (excludes halogenated alkanes) is 10. The molecule has 1 aliphatic heterocycles. The van der Waals surface area contributed by atoms with Crippen LogP contribution in [-0.4, -0.2) is 34.3 Å². The van der Waals surface area contributed by atoms with Gasteiger partial charge in [-0.25, -0.2) is 15.0 Å². The number of aromatic nitrogens is 3.